The van der Waals surface area contributed by atoms with Crippen molar-refractivity contribution in [3.05, 3.63) is 88.3 Å². The van der Waals surface area contributed by atoms with Crippen LogP contribution in [0.5, 0.6) is 5.75 Å². The highest BCUT2D eigenvalue weighted by Crippen LogP contribution is 2.27. The molecule has 31 heavy (non-hydrogen) atoms. The van der Waals surface area contributed by atoms with Gasteiger partial charge >= 0.3 is 0 Å². The molecule has 0 aliphatic heterocycles. The van der Waals surface area contributed by atoms with Gasteiger partial charge in [-0.25, -0.2) is 4.98 Å². The van der Waals surface area contributed by atoms with Gasteiger partial charge < -0.3 is 14.6 Å². The Balaban J connectivity index is 1.54. The number of aryl methyl sites for hydroxylation is 1. The molecule has 0 unspecified atom stereocenters. The average Bonchev–Trinajstić information content (AvgIpc) is 3.22. The van der Waals surface area contributed by atoms with Crippen LogP contribution in [0.4, 0.5) is 5.69 Å². The predicted molar refractivity (Wildman–Crippen MR) is 125 cm³/mol. The van der Waals surface area contributed by atoms with Crippen LogP contribution in [0.1, 0.15) is 18.1 Å². The van der Waals surface area contributed by atoms with Crippen molar-refractivity contribution < 1.29 is 4.74 Å². The van der Waals surface area contributed by atoms with Crippen molar-refractivity contribution in [1.29, 1.82) is 0 Å². The molecule has 0 atom stereocenters. The summed E-state index contributed by atoms with van der Waals surface area (Å²) in [6.45, 7) is 2.79. The van der Waals surface area contributed by atoms with E-state index in [0.29, 0.717) is 22.6 Å². The molecule has 2 heterocycles. The van der Waals surface area contributed by atoms with E-state index in [4.69, 9.17) is 4.74 Å². The number of pyridine rings is 2. The number of rotatable bonds is 5. The summed E-state index contributed by atoms with van der Waals surface area (Å²) in [6.07, 6.45) is 5.70. The topological polar surface area (TPSA) is 56.1 Å². The van der Waals surface area contributed by atoms with Gasteiger partial charge in [-0.15, -0.1) is 0 Å². The van der Waals surface area contributed by atoms with Gasteiger partial charge in [0.2, 0.25) is 0 Å². The SMILES string of the molecule is CCn1cc(-c2cccc(OC)c2)c(=O)c2cc(NC3Cc4ccccc4C3)cnc21. The zero-order chi connectivity index (χ0) is 21.4. The molecule has 0 radical (unpaired) electrons. The van der Waals surface area contributed by atoms with Crippen molar-refractivity contribution in [1.82, 2.24) is 9.55 Å². The van der Waals surface area contributed by atoms with Gasteiger partial charge in [0.15, 0.2) is 5.43 Å². The third-order valence-electron chi connectivity index (χ3n) is 6.06. The number of nitrogens with zero attached hydrogens (tertiary/aromatic N) is 2. The number of hydrogen-bond donors (Lipinski definition) is 1. The summed E-state index contributed by atoms with van der Waals surface area (Å²) in [5.74, 6) is 0.731. The maximum Gasteiger partial charge on any atom is 0.198 e. The van der Waals surface area contributed by atoms with Crippen LogP contribution in [0, 0.1) is 0 Å². The van der Waals surface area contributed by atoms with Crippen molar-refractivity contribution in [2.24, 2.45) is 0 Å². The van der Waals surface area contributed by atoms with Crippen LogP contribution in [-0.2, 0) is 19.4 Å². The molecule has 0 spiro atoms. The summed E-state index contributed by atoms with van der Waals surface area (Å²) < 4.78 is 7.38. The van der Waals surface area contributed by atoms with E-state index in [-0.39, 0.29) is 5.43 Å². The van der Waals surface area contributed by atoms with Gasteiger partial charge in [0, 0.05) is 24.3 Å². The van der Waals surface area contributed by atoms with Crippen molar-refractivity contribution in [2.75, 3.05) is 12.4 Å². The molecule has 156 valence electrons. The van der Waals surface area contributed by atoms with E-state index in [1.54, 1.807) is 7.11 Å². The third kappa shape index (κ3) is 3.56. The molecule has 4 aromatic rings. The molecule has 1 N–H and O–H groups in total. The smallest absolute Gasteiger partial charge is 0.198 e. The van der Waals surface area contributed by atoms with Crippen LogP contribution in [0.3, 0.4) is 0 Å². The quantitative estimate of drug-likeness (QED) is 0.518. The van der Waals surface area contributed by atoms with Crippen molar-refractivity contribution in [3.8, 4) is 16.9 Å². The second-order valence-electron chi connectivity index (χ2n) is 8.00. The Morgan fingerprint density at radius 2 is 1.87 bits per heavy atom. The van der Waals surface area contributed by atoms with E-state index in [9.17, 15) is 4.79 Å². The van der Waals surface area contributed by atoms with Crippen LogP contribution in [0.25, 0.3) is 22.2 Å². The van der Waals surface area contributed by atoms with Crippen molar-refractivity contribution in [2.45, 2.75) is 32.4 Å². The minimum Gasteiger partial charge on any atom is -0.497 e. The fraction of sp³-hybridized carbons (Fsp3) is 0.231. The van der Waals surface area contributed by atoms with Gasteiger partial charge in [0.05, 0.1) is 24.4 Å². The summed E-state index contributed by atoms with van der Waals surface area (Å²) >= 11 is 0. The summed E-state index contributed by atoms with van der Waals surface area (Å²) in [5.41, 5.74) is 5.86. The minimum atomic E-state index is -0.0150. The molecular weight excluding hydrogens is 386 g/mol. The second kappa shape index (κ2) is 7.91. The molecule has 2 aromatic heterocycles. The first-order valence-corrected chi connectivity index (χ1v) is 10.7. The normalized spacial score (nSPS) is 13.4. The summed E-state index contributed by atoms with van der Waals surface area (Å²) in [6, 6.07) is 18.4. The number of methoxy groups -OCH3 is 1. The first-order valence-electron chi connectivity index (χ1n) is 10.7. The van der Waals surface area contributed by atoms with E-state index in [1.807, 2.05) is 47.3 Å². The molecule has 1 aliphatic carbocycles. The van der Waals surface area contributed by atoms with E-state index < -0.39 is 0 Å². The monoisotopic (exact) mass is 411 g/mol. The molecule has 0 saturated carbocycles. The van der Waals surface area contributed by atoms with Gasteiger partial charge in [-0.1, -0.05) is 36.4 Å². The number of ether oxygens (including phenoxy) is 1. The zero-order valence-electron chi connectivity index (χ0n) is 17.8. The van der Waals surface area contributed by atoms with E-state index in [1.165, 1.54) is 11.1 Å². The highest BCUT2D eigenvalue weighted by Gasteiger charge is 2.21. The molecular formula is C26H25N3O2. The van der Waals surface area contributed by atoms with Crippen LogP contribution in [0.15, 0.2) is 71.8 Å². The Kier molecular flexibility index (Phi) is 4.94. The van der Waals surface area contributed by atoms with Crippen LogP contribution in [0.2, 0.25) is 0 Å². The lowest BCUT2D eigenvalue weighted by atomic mass is 10.0. The molecule has 2 aromatic carbocycles. The number of nitrogens with one attached hydrogen (secondary N) is 1. The second-order valence-corrected chi connectivity index (χ2v) is 8.00. The number of benzene rings is 2. The summed E-state index contributed by atoms with van der Waals surface area (Å²) in [5, 5.41) is 4.22. The van der Waals surface area contributed by atoms with Crippen LogP contribution < -0.4 is 15.5 Å². The number of anilines is 1. The van der Waals surface area contributed by atoms with E-state index >= 15 is 0 Å². The molecule has 0 amide bonds. The molecule has 5 rings (SSSR count). The van der Waals surface area contributed by atoms with Crippen LogP contribution in [-0.4, -0.2) is 22.7 Å². The Labute approximate surface area is 181 Å². The molecule has 5 nitrogen and oxygen atoms in total. The lowest BCUT2D eigenvalue weighted by Crippen LogP contribution is -2.20. The zero-order valence-corrected chi connectivity index (χ0v) is 17.8. The third-order valence-corrected chi connectivity index (χ3v) is 6.06. The van der Waals surface area contributed by atoms with Crippen molar-refractivity contribution in [3.63, 3.8) is 0 Å². The molecule has 5 heteroatoms. The van der Waals surface area contributed by atoms with E-state index in [2.05, 4.69) is 41.5 Å². The molecule has 0 fully saturated rings. The summed E-state index contributed by atoms with van der Waals surface area (Å²) in [7, 11) is 1.63. The number of hydrogen-bond acceptors (Lipinski definition) is 4. The van der Waals surface area contributed by atoms with Gasteiger partial charge in [0.1, 0.15) is 11.4 Å². The largest absolute Gasteiger partial charge is 0.497 e. The minimum absolute atomic E-state index is 0.0150. The average molecular weight is 412 g/mol. The fourth-order valence-electron chi connectivity index (χ4n) is 4.49. The van der Waals surface area contributed by atoms with Gasteiger partial charge in [-0.05, 0) is 54.7 Å². The fourth-order valence-corrected chi connectivity index (χ4v) is 4.49. The standard InChI is InChI=1S/C26H25N3O2/c1-3-29-16-24(19-9-6-10-22(13-19)31-2)25(30)23-14-21(15-27-26(23)29)28-20-11-17-7-4-5-8-18(17)12-20/h4-10,13-16,20,28H,3,11-12H2,1-2H3. The first-order chi connectivity index (χ1) is 15.2. The molecule has 1 aliphatic rings. The number of fused-ring (bicyclic) bond motifs is 2. The Morgan fingerprint density at radius 1 is 1.10 bits per heavy atom. The number of aromatic nitrogens is 2. The van der Waals surface area contributed by atoms with Crippen LogP contribution >= 0.6 is 0 Å². The van der Waals surface area contributed by atoms with Gasteiger partial charge in [-0.2, -0.15) is 0 Å². The van der Waals surface area contributed by atoms with E-state index in [0.717, 1.165) is 36.4 Å². The predicted octanol–water partition coefficient (Wildman–Crippen LogP) is 4.67. The molecule has 0 bridgehead atoms. The van der Waals surface area contributed by atoms with Gasteiger partial charge in [0.25, 0.3) is 0 Å². The lowest BCUT2D eigenvalue weighted by Gasteiger charge is -2.16. The Morgan fingerprint density at radius 3 is 2.58 bits per heavy atom. The first kappa shape index (κ1) is 19.4. The summed E-state index contributed by atoms with van der Waals surface area (Å²) in [4.78, 5) is 18.1. The van der Waals surface area contributed by atoms with Gasteiger partial charge in [-0.3, -0.25) is 4.79 Å². The highest BCUT2D eigenvalue weighted by atomic mass is 16.5. The van der Waals surface area contributed by atoms with Crippen molar-refractivity contribution >= 4 is 16.7 Å². The highest BCUT2D eigenvalue weighted by molar-refractivity contribution is 5.84. The Hall–Kier alpha value is -3.60. The lowest BCUT2D eigenvalue weighted by molar-refractivity contribution is 0.415. The maximum absolute atomic E-state index is 13.4. The molecule has 0 saturated heterocycles. The Bertz CT molecular complexity index is 1300. The maximum atomic E-state index is 13.4.